The van der Waals surface area contributed by atoms with Gasteiger partial charge in [0.1, 0.15) is 0 Å². The number of nitrogens with zero attached hydrogens (tertiary/aromatic N) is 3. The Balaban J connectivity index is 1.79. The number of hydrogen-bond acceptors (Lipinski definition) is 4. The molecule has 0 aromatic heterocycles. The Labute approximate surface area is 116 Å². The number of aliphatic hydroxyl groups excluding tert-OH is 1. The second kappa shape index (κ2) is 6.68. The molecule has 0 bridgehead atoms. The fourth-order valence-electron chi connectivity index (χ4n) is 2.99. The molecule has 2 atom stereocenters. The Hall–Kier alpha value is -0.650. The lowest BCUT2D eigenvalue weighted by atomic mass is 9.92. The van der Waals surface area contributed by atoms with Crippen LogP contribution in [0, 0.1) is 5.92 Å². The fourth-order valence-corrected chi connectivity index (χ4v) is 2.99. The Morgan fingerprint density at radius 3 is 2.53 bits per heavy atom. The molecule has 0 aromatic carbocycles. The lowest BCUT2D eigenvalue weighted by Crippen LogP contribution is -2.52. The minimum Gasteiger partial charge on any atom is -0.393 e. The number of amides is 1. The van der Waals surface area contributed by atoms with Crippen LogP contribution in [0.3, 0.4) is 0 Å². The van der Waals surface area contributed by atoms with Crippen molar-refractivity contribution in [3.63, 3.8) is 0 Å². The summed E-state index contributed by atoms with van der Waals surface area (Å²) in [6.45, 7) is 7.98. The van der Waals surface area contributed by atoms with Crippen molar-refractivity contribution in [2.45, 2.75) is 25.9 Å². The van der Waals surface area contributed by atoms with Gasteiger partial charge >= 0.3 is 0 Å². The van der Waals surface area contributed by atoms with Crippen LogP contribution in [0.25, 0.3) is 0 Å². The summed E-state index contributed by atoms with van der Waals surface area (Å²) in [6.07, 6.45) is 1.61. The second-order valence-electron chi connectivity index (χ2n) is 5.94. The van der Waals surface area contributed by atoms with E-state index in [-0.39, 0.29) is 12.0 Å². The van der Waals surface area contributed by atoms with E-state index >= 15 is 0 Å². The third-order valence-corrected chi connectivity index (χ3v) is 4.52. The summed E-state index contributed by atoms with van der Waals surface area (Å²) in [5.41, 5.74) is 0. The van der Waals surface area contributed by atoms with Gasteiger partial charge in [-0.2, -0.15) is 0 Å². The molecule has 2 saturated heterocycles. The molecular weight excluding hydrogens is 242 g/mol. The van der Waals surface area contributed by atoms with Crippen LogP contribution in [0.5, 0.6) is 0 Å². The van der Waals surface area contributed by atoms with E-state index < -0.39 is 0 Å². The van der Waals surface area contributed by atoms with Gasteiger partial charge < -0.3 is 14.9 Å². The fraction of sp³-hybridized carbons (Fsp3) is 0.929. The summed E-state index contributed by atoms with van der Waals surface area (Å²) >= 11 is 0. The molecule has 5 nitrogen and oxygen atoms in total. The average molecular weight is 269 g/mol. The summed E-state index contributed by atoms with van der Waals surface area (Å²) in [4.78, 5) is 18.7. The number of carbonyl (C=O) groups is 1. The monoisotopic (exact) mass is 269 g/mol. The maximum absolute atomic E-state index is 12.3. The zero-order valence-electron chi connectivity index (χ0n) is 12.2. The first-order valence-electron chi connectivity index (χ1n) is 7.47. The predicted molar refractivity (Wildman–Crippen MR) is 74.9 cm³/mol. The van der Waals surface area contributed by atoms with Crippen molar-refractivity contribution in [3.05, 3.63) is 0 Å². The zero-order chi connectivity index (χ0) is 13.8. The molecule has 2 aliphatic rings. The lowest BCUT2D eigenvalue weighted by Gasteiger charge is -2.38. The molecule has 2 rings (SSSR count). The number of aliphatic hydroxyl groups is 1. The van der Waals surface area contributed by atoms with Crippen LogP contribution in [-0.4, -0.2) is 84.7 Å². The van der Waals surface area contributed by atoms with Crippen molar-refractivity contribution in [3.8, 4) is 0 Å². The van der Waals surface area contributed by atoms with Gasteiger partial charge in [0.15, 0.2) is 0 Å². The highest BCUT2D eigenvalue weighted by Crippen LogP contribution is 2.20. The van der Waals surface area contributed by atoms with E-state index in [4.69, 9.17) is 0 Å². The molecule has 2 heterocycles. The Morgan fingerprint density at radius 2 is 1.89 bits per heavy atom. The van der Waals surface area contributed by atoms with Crippen LogP contribution < -0.4 is 0 Å². The van der Waals surface area contributed by atoms with Crippen LogP contribution in [0.1, 0.15) is 19.8 Å². The molecule has 19 heavy (non-hydrogen) atoms. The first-order valence-corrected chi connectivity index (χ1v) is 7.47. The Morgan fingerprint density at radius 1 is 1.21 bits per heavy atom. The van der Waals surface area contributed by atoms with E-state index in [0.717, 1.165) is 52.1 Å². The molecule has 0 radical (unpaired) electrons. The predicted octanol–water partition coefficient (Wildman–Crippen LogP) is -0.147. The van der Waals surface area contributed by atoms with E-state index in [0.29, 0.717) is 12.5 Å². The number of piperidine rings is 1. The highest BCUT2D eigenvalue weighted by molar-refractivity contribution is 5.78. The van der Waals surface area contributed by atoms with Crippen molar-refractivity contribution in [1.29, 1.82) is 0 Å². The van der Waals surface area contributed by atoms with Gasteiger partial charge in [0.05, 0.1) is 12.6 Å². The summed E-state index contributed by atoms with van der Waals surface area (Å²) in [5.74, 6) is 0.577. The molecular formula is C14H27N3O2. The van der Waals surface area contributed by atoms with Gasteiger partial charge in [-0.05, 0) is 25.8 Å². The number of likely N-dealkylation sites (tertiary alicyclic amines) is 1. The van der Waals surface area contributed by atoms with Gasteiger partial charge in [-0.3, -0.25) is 9.69 Å². The van der Waals surface area contributed by atoms with E-state index in [2.05, 4.69) is 23.8 Å². The van der Waals surface area contributed by atoms with E-state index in [1.54, 1.807) is 0 Å². The van der Waals surface area contributed by atoms with Crippen LogP contribution in [0.4, 0.5) is 0 Å². The molecule has 2 fully saturated rings. The second-order valence-corrected chi connectivity index (χ2v) is 5.94. The molecule has 1 N–H and O–H groups in total. The third kappa shape index (κ3) is 3.91. The Bertz CT molecular complexity index is 303. The molecule has 2 aliphatic heterocycles. The standard InChI is InChI=1S/C14H27N3O2/c1-3-12-10-16(5-4-13(12)18)11-14(19)17-8-6-15(2)7-9-17/h12-13,18H,3-11H2,1-2H3. The number of piperazine rings is 1. The smallest absolute Gasteiger partial charge is 0.236 e. The van der Waals surface area contributed by atoms with Gasteiger partial charge in [-0.1, -0.05) is 6.92 Å². The van der Waals surface area contributed by atoms with Crippen molar-refractivity contribution in [2.24, 2.45) is 5.92 Å². The molecule has 0 saturated carbocycles. The summed E-state index contributed by atoms with van der Waals surface area (Å²) in [7, 11) is 2.10. The van der Waals surface area contributed by atoms with Gasteiger partial charge in [0, 0.05) is 39.3 Å². The third-order valence-electron chi connectivity index (χ3n) is 4.52. The highest BCUT2D eigenvalue weighted by atomic mass is 16.3. The lowest BCUT2D eigenvalue weighted by molar-refractivity contribution is -0.135. The number of carbonyl (C=O) groups excluding carboxylic acids is 1. The molecule has 0 aromatic rings. The summed E-state index contributed by atoms with van der Waals surface area (Å²) in [6, 6.07) is 0. The zero-order valence-corrected chi connectivity index (χ0v) is 12.2. The number of hydrogen-bond donors (Lipinski definition) is 1. The quantitative estimate of drug-likeness (QED) is 0.774. The maximum atomic E-state index is 12.3. The van der Waals surface area contributed by atoms with Gasteiger partial charge in [0.2, 0.25) is 5.91 Å². The van der Waals surface area contributed by atoms with Crippen LogP contribution in [-0.2, 0) is 4.79 Å². The molecule has 110 valence electrons. The van der Waals surface area contributed by atoms with Crippen LogP contribution in [0.2, 0.25) is 0 Å². The summed E-state index contributed by atoms with van der Waals surface area (Å²) in [5, 5.41) is 9.87. The minimum atomic E-state index is -0.181. The van der Waals surface area contributed by atoms with E-state index in [9.17, 15) is 9.90 Å². The van der Waals surface area contributed by atoms with Gasteiger partial charge in [-0.15, -0.1) is 0 Å². The maximum Gasteiger partial charge on any atom is 0.236 e. The van der Waals surface area contributed by atoms with Crippen molar-refractivity contribution in [1.82, 2.24) is 14.7 Å². The van der Waals surface area contributed by atoms with Crippen molar-refractivity contribution in [2.75, 3.05) is 52.9 Å². The topological polar surface area (TPSA) is 47.0 Å². The number of likely N-dealkylation sites (N-methyl/N-ethyl adjacent to an activating group) is 1. The normalized spacial score (nSPS) is 30.6. The highest BCUT2D eigenvalue weighted by Gasteiger charge is 2.28. The summed E-state index contributed by atoms with van der Waals surface area (Å²) < 4.78 is 0. The number of rotatable bonds is 3. The van der Waals surface area contributed by atoms with Gasteiger partial charge in [0.25, 0.3) is 0 Å². The molecule has 2 unspecified atom stereocenters. The first-order chi connectivity index (χ1) is 9.10. The van der Waals surface area contributed by atoms with Crippen LogP contribution >= 0.6 is 0 Å². The molecule has 0 aliphatic carbocycles. The molecule has 5 heteroatoms. The Kier molecular flexibility index (Phi) is 5.19. The first kappa shape index (κ1) is 14.8. The van der Waals surface area contributed by atoms with E-state index in [1.807, 2.05) is 4.90 Å². The average Bonchev–Trinajstić information content (AvgIpc) is 2.41. The van der Waals surface area contributed by atoms with Crippen LogP contribution in [0.15, 0.2) is 0 Å². The molecule has 1 amide bonds. The van der Waals surface area contributed by atoms with Crippen molar-refractivity contribution < 1.29 is 9.90 Å². The SMILES string of the molecule is CCC1CN(CC(=O)N2CCN(C)CC2)CCC1O. The van der Waals surface area contributed by atoms with E-state index in [1.165, 1.54) is 0 Å². The van der Waals surface area contributed by atoms with Gasteiger partial charge in [-0.25, -0.2) is 0 Å². The largest absolute Gasteiger partial charge is 0.393 e. The minimum absolute atomic E-state index is 0.181. The van der Waals surface area contributed by atoms with Crippen molar-refractivity contribution >= 4 is 5.91 Å². The molecule has 0 spiro atoms.